The minimum absolute atomic E-state index is 0.275. The lowest BCUT2D eigenvalue weighted by Gasteiger charge is -2.30. The minimum Gasteiger partial charge on any atom is -0.476 e. The average Bonchev–Trinajstić information content (AvgIpc) is 2.64. The lowest BCUT2D eigenvalue weighted by atomic mass is 10.2. The summed E-state index contributed by atoms with van der Waals surface area (Å²) in [5.41, 5.74) is 0.534. The zero-order chi connectivity index (χ0) is 12.5. The zero-order valence-corrected chi connectivity index (χ0v) is 11.9. The second-order valence-electron chi connectivity index (χ2n) is 4.35. The molecule has 1 N–H and O–H groups in total. The molecule has 2 aromatic heterocycles. The van der Waals surface area contributed by atoms with Crippen molar-refractivity contribution >= 4 is 33.6 Å². The van der Waals surface area contributed by atoms with Gasteiger partial charge in [0.2, 0.25) is 5.88 Å². The number of H-pyrrole nitrogens is 1. The Kier molecular flexibility index (Phi) is 3.38. The number of pyridine rings is 1. The van der Waals surface area contributed by atoms with E-state index in [1.54, 1.807) is 6.07 Å². The quantitative estimate of drug-likeness (QED) is 0.851. The second kappa shape index (κ2) is 5.00. The van der Waals surface area contributed by atoms with Crippen LogP contribution in [0, 0.1) is 9.39 Å². The third kappa shape index (κ3) is 2.31. The first-order chi connectivity index (χ1) is 8.74. The van der Waals surface area contributed by atoms with Crippen LogP contribution in [-0.2, 0) is 0 Å². The molecule has 2 aromatic rings. The maximum atomic E-state index is 13.3. The zero-order valence-electron chi connectivity index (χ0n) is 9.75. The molecular weight excluding hydrogens is 348 g/mol. The van der Waals surface area contributed by atoms with Crippen LogP contribution in [0.4, 0.5) is 4.39 Å². The summed E-state index contributed by atoms with van der Waals surface area (Å²) in [4.78, 5) is 9.42. The summed E-state index contributed by atoms with van der Waals surface area (Å²) in [6.45, 7) is 3.87. The first-order valence-corrected chi connectivity index (χ1v) is 7.00. The SMILES string of the molecule is Fc1c[nH]c2nc(OCCN3CCC3)c(I)cc12. The monoisotopic (exact) mass is 361 g/mol. The van der Waals surface area contributed by atoms with Crippen molar-refractivity contribution in [2.75, 3.05) is 26.2 Å². The van der Waals surface area contributed by atoms with Crippen molar-refractivity contribution in [2.24, 2.45) is 0 Å². The van der Waals surface area contributed by atoms with Crippen molar-refractivity contribution in [3.63, 3.8) is 0 Å². The normalized spacial score (nSPS) is 15.9. The van der Waals surface area contributed by atoms with E-state index >= 15 is 0 Å². The maximum absolute atomic E-state index is 13.3. The van der Waals surface area contributed by atoms with Crippen molar-refractivity contribution in [2.45, 2.75) is 6.42 Å². The van der Waals surface area contributed by atoms with Crippen LogP contribution >= 0.6 is 22.6 Å². The Bertz CT molecular complexity index is 568. The van der Waals surface area contributed by atoms with Crippen LogP contribution in [0.2, 0.25) is 0 Å². The van der Waals surface area contributed by atoms with Gasteiger partial charge in [0.15, 0.2) is 0 Å². The fraction of sp³-hybridized carbons (Fsp3) is 0.417. The highest BCUT2D eigenvalue weighted by molar-refractivity contribution is 14.1. The van der Waals surface area contributed by atoms with Crippen LogP contribution < -0.4 is 4.74 Å². The molecule has 0 aromatic carbocycles. The summed E-state index contributed by atoms with van der Waals surface area (Å²) >= 11 is 2.12. The average molecular weight is 361 g/mol. The molecule has 1 fully saturated rings. The summed E-state index contributed by atoms with van der Waals surface area (Å²) in [6.07, 6.45) is 2.60. The number of nitrogens with zero attached hydrogens (tertiary/aromatic N) is 2. The van der Waals surface area contributed by atoms with Gasteiger partial charge in [0, 0.05) is 12.7 Å². The number of likely N-dealkylation sites (tertiary alicyclic amines) is 1. The number of fused-ring (bicyclic) bond motifs is 1. The number of hydrogen-bond acceptors (Lipinski definition) is 3. The first-order valence-electron chi connectivity index (χ1n) is 5.92. The van der Waals surface area contributed by atoms with Gasteiger partial charge in [-0.1, -0.05) is 0 Å². The molecular formula is C12H13FIN3O. The molecule has 0 radical (unpaired) electrons. The standard InChI is InChI=1S/C12H13FIN3O/c13-9-7-15-11-8(9)6-10(14)12(16-11)18-5-4-17-2-1-3-17/h6-7H,1-5H2,(H,15,16). The van der Waals surface area contributed by atoms with Crippen molar-refractivity contribution in [3.8, 4) is 5.88 Å². The van der Waals surface area contributed by atoms with Gasteiger partial charge >= 0.3 is 0 Å². The molecule has 1 saturated heterocycles. The van der Waals surface area contributed by atoms with Crippen LogP contribution in [0.25, 0.3) is 11.0 Å². The van der Waals surface area contributed by atoms with E-state index in [2.05, 4.69) is 37.5 Å². The molecule has 0 spiro atoms. The lowest BCUT2D eigenvalue weighted by molar-refractivity contribution is 0.145. The number of ether oxygens (including phenoxy) is 1. The topological polar surface area (TPSA) is 41.1 Å². The fourth-order valence-electron chi connectivity index (χ4n) is 1.95. The summed E-state index contributed by atoms with van der Waals surface area (Å²) in [5.74, 6) is 0.299. The van der Waals surface area contributed by atoms with Crippen molar-refractivity contribution in [1.82, 2.24) is 14.9 Å². The van der Waals surface area contributed by atoms with E-state index in [0.717, 1.165) is 23.2 Å². The molecule has 4 nitrogen and oxygen atoms in total. The predicted octanol–water partition coefficient (Wildman–Crippen LogP) is 2.39. The molecule has 0 atom stereocenters. The molecule has 3 heterocycles. The summed E-state index contributed by atoms with van der Waals surface area (Å²) in [6, 6.07) is 1.76. The number of nitrogens with one attached hydrogen (secondary N) is 1. The van der Waals surface area contributed by atoms with Gasteiger partial charge in [0.25, 0.3) is 0 Å². The lowest BCUT2D eigenvalue weighted by Crippen LogP contribution is -2.39. The predicted molar refractivity (Wildman–Crippen MR) is 75.3 cm³/mol. The molecule has 3 rings (SSSR count). The Morgan fingerprint density at radius 2 is 2.33 bits per heavy atom. The van der Waals surface area contributed by atoms with Gasteiger partial charge in [0.1, 0.15) is 18.1 Å². The number of halogens is 2. The Balaban J connectivity index is 1.72. The largest absolute Gasteiger partial charge is 0.476 e. The van der Waals surface area contributed by atoms with Gasteiger partial charge < -0.3 is 9.72 Å². The highest BCUT2D eigenvalue weighted by Crippen LogP contribution is 2.25. The molecule has 18 heavy (non-hydrogen) atoms. The Morgan fingerprint density at radius 3 is 3.06 bits per heavy atom. The first kappa shape index (κ1) is 12.2. The van der Waals surface area contributed by atoms with Gasteiger partial charge in [-0.25, -0.2) is 4.39 Å². The molecule has 1 aliphatic heterocycles. The van der Waals surface area contributed by atoms with Gasteiger partial charge in [-0.3, -0.25) is 4.90 Å². The molecule has 1 aliphatic rings. The molecule has 0 aliphatic carbocycles. The van der Waals surface area contributed by atoms with Crippen LogP contribution in [-0.4, -0.2) is 41.1 Å². The van der Waals surface area contributed by atoms with Crippen LogP contribution in [0.15, 0.2) is 12.3 Å². The molecule has 0 unspecified atom stereocenters. The fourth-order valence-corrected chi connectivity index (χ4v) is 2.54. The maximum Gasteiger partial charge on any atom is 0.229 e. The van der Waals surface area contributed by atoms with Crippen LogP contribution in [0.5, 0.6) is 5.88 Å². The van der Waals surface area contributed by atoms with Crippen molar-refractivity contribution in [1.29, 1.82) is 0 Å². The number of aromatic amines is 1. The van der Waals surface area contributed by atoms with Gasteiger partial charge in [-0.05, 0) is 48.2 Å². The van der Waals surface area contributed by atoms with Crippen LogP contribution in [0.3, 0.4) is 0 Å². The summed E-state index contributed by atoms with van der Waals surface area (Å²) in [5, 5.41) is 0.509. The number of hydrogen-bond donors (Lipinski definition) is 1. The van der Waals surface area contributed by atoms with E-state index in [4.69, 9.17) is 4.74 Å². The van der Waals surface area contributed by atoms with E-state index < -0.39 is 0 Å². The van der Waals surface area contributed by atoms with Gasteiger partial charge in [-0.2, -0.15) is 4.98 Å². The number of aromatic nitrogens is 2. The van der Waals surface area contributed by atoms with E-state index in [9.17, 15) is 4.39 Å². The number of rotatable bonds is 4. The Labute approximate surface area is 118 Å². The molecule has 0 saturated carbocycles. The minimum atomic E-state index is -0.275. The Morgan fingerprint density at radius 1 is 1.50 bits per heavy atom. The third-order valence-electron chi connectivity index (χ3n) is 3.13. The van der Waals surface area contributed by atoms with E-state index in [1.807, 2.05) is 0 Å². The Hall–Kier alpha value is -0.890. The summed E-state index contributed by atoms with van der Waals surface area (Å²) in [7, 11) is 0. The van der Waals surface area contributed by atoms with Gasteiger partial charge in [-0.15, -0.1) is 0 Å². The van der Waals surface area contributed by atoms with Crippen molar-refractivity contribution in [3.05, 3.63) is 21.7 Å². The highest BCUT2D eigenvalue weighted by Gasteiger charge is 2.14. The third-order valence-corrected chi connectivity index (χ3v) is 3.90. The van der Waals surface area contributed by atoms with E-state index in [1.165, 1.54) is 12.6 Å². The van der Waals surface area contributed by atoms with Crippen molar-refractivity contribution < 1.29 is 9.13 Å². The van der Waals surface area contributed by atoms with E-state index in [-0.39, 0.29) is 5.82 Å². The molecule has 96 valence electrons. The highest BCUT2D eigenvalue weighted by atomic mass is 127. The van der Waals surface area contributed by atoms with Crippen LogP contribution in [0.1, 0.15) is 6.42 Å². The van der Waals surface area contributed by atoms with E-state index in [0.29, 0.717) is 23.5 Å². The molecule has 0 bridgehead atoms. The summed E-state index contributed by atoms with van der Waals surface area (Å²) < 4.78 is 19.8. The second-order valence-corrected chi connectivity index (χ2v) is 5.51. The molecule has 0 amide bonds. The van der Waals surface area contributed by atoms with Gasteiger partial charge in [0.05, 0.1) is 8.96 Å². The smallest absolute Gasteiger partial charge is 0.229 e. The molecule has 6 heteroatoms.